The largest absolute Gasteiger partial charge is 0.509 e. The summed E-state index contributed by atoms with van der Waals surface area (Å²) < 4.78 is 0. The summed E-state index contributed by atoms with van der Waals surface area (Å²) in [5, 5.41) is 40.8. The van der Waals surface area contributed by atoms with Crippen LogP contribution in [0.4, 0.5) is 0 Å². The van der Waals surface area contributed by atoms with E-state index in [0.717, 1.165) is 0 Å². The Balaban J connectivity index is 1.80. The molecule has 0 heterocycles. The van der Waals surface area contributed by atoms with Crippen LogP contribution in [-0.2, 0) is 4.79 Å². The van der Waals surface area contributed by atoms with Gasteiger partial charge in [0.15, 0.2) is 11.4 Å². The third-order valence-corrected chi connectivity index (χ3v) is 4.31. The number of Topliss-reactive ketones (excluding diaryl/α,β-unsaturated/α-hetero) is 1. The molecule has 24 heavy (non-hydrogen) atoms. The molecule has 5 nitrogen and oxygen atoms in total. The normalized spacial score (nSPS) is 26.0. The average molecular weight is 326 g/mol. The first-order chi connectivity index (χ1) is 11.5. The second-order valence-corrected chi connectivity index (χ2v) is 5.90. The predicted molar refractivity (Wildman–Crippen MR) is 88.2 cm³/mol. The summed E-state index contributed by atoms with van der Waals surface area (Å²) in [6, 6.07) is 17.3. The van der Waals surface area contributed by atoms with Gasteiger partial charge in [-0.25, -0.2) is 0 Å². The van der Waals surface area contributed by atoms with Crippen molar-refractivity contribution >= 4 is 11.9 Å². The summed E-state index contributed by atoms with van der Waals surface area (Å²) >= 11 is 0. The molecule has 0 aliphatic heterocycles. The fourth-order valence-corrected chi connectivity index (χ4v) is 2.88. The number of ketones is 1. The number of aliphatic hydroxyl groups excluding tert-OH is 3. The van der Waals surface area contributed by atoms with Crippen LogP contribution in [0.15, 0.2) is 66.4 Å². The Labute approximate surface area is 139 Å². The molecule has 0 aromatic heterocycles. The Bertz CT molecular complexity index is 756. The molecule has 0 spiro atoms. The lowest BCUT2D eigenvalue weighted by Crippen LogP contribution is -2.42. The van der Waals surface area contributed by atoms with Crippen LogP contribution in [0.1, 0.15) is 17.0 Å². The van der Waals surface area contributed by atoms with E-state index >= 15 is 0 Å². The molecule has 0 amide bonds. The van der Waals surface area contributed by atoms with Gasteiger partial charge >= 0.3 is 0 Å². The molecule has 1 fully saturated rings. The van der Waals surface area contributed by atoms with E-state index in [1.54, 1.807) is 60.7 Å². The first-order valence-electron chi connectivity index (χ1n) is 7.59. The minimum absolute atomic E-state index is 0.520. The standard InChI is InChI=1S/C19H18O5/c20-14(11-12-7-3-1-4-8-12)16(21)18(23)19(24)15(17(19)22)13-9-5-2-6-10-13/h1-11,15-16,18,20-21,23-24H/t15?,16-,18-,19+/m1/s1. The zero-order chi connectivity index (χ0) is 17.3. The van der Waals surface area contributed by atoms with Crippen molar-refractivity contribution in [2.75, 3.05) is 0 Å². The van der Waals surface area contributed by atoms with Gasteiger partial charge in [-0.3, -0.25) is 4.79 Å². The van der Waals surface area contributed by atoms with Gasteiger partial charge in [-0.15, -0.1) is 0 Å². The van der Waals surface area contributed by atoms with Gasteiger partial charge in [-0.05, 0) is 17.2 Å². The van der Waals surface area contributed by atoms with Gasteiger partial charge in [0.2, 0.25) is 0 Å². The molecular formula is C19H18O5. The van der Waals surface area contributed by atoms with Crippen LogP contribution in [0.5, 0.6) is 0 Å². The van der Waals surface area contributed by atoms with E-state index in [0.29, 0.717) is 11.1 Å². The molecular weight excluding hydrogens is 308 g/mol. The van der Waals surface area contributed by atoms with Gasteiger partial charge in [0.25, 0.3) is 0 Å². The van der Waals surface area contributed by atoms with Crippen molar-refractivity contribution in [2.45, 2.75) is 23.7 Å². The molecule has 5 heteroatoms. The number of rotatable bonds is 5. The fraction of sp³-hybridized carbons (Fsp3) is 0.211. The van der Waals surface area contributed by atoms with E-state index in [1.807, 2.05) is 0 Å². The lowest BCUT2D eigenvalue weighted by Gasteiger charge is -2.22. The first-order valence-corrected chi connectivity index (χ1v) is 7.59. The highest BCUT2D eigenvalue weighted by Gasteiger charge is 2.70. The van der Waals surface area contributed by atoms with Crippen molar-refractivity contribution in [1.82, 2.24) is 0 Å². The third-order valence-electron chi connectivity index (χ3n) is 4.31. The van der Waals surface area contributed by atoms with Crippen molar-refractivity contribution in [3.63, 3.8) is 0 Å². The molecule has 1 unspecified atom stereocenters. The van der Waals surface area contributed by atoms with E-state index in [9.17, 15) is 25.2 Å². The van der Waals surface area contributed by atoms with Crippen molar-refractivity contribution in [3.8, 4) is 0 Å². The topological polar surface area (TPSA) is 98.0 Å². The monoisotopic (exact) mass is 326 g/mol. The van der Waals surface area contributed by atoms with Gasteiger partial charge in [-0.2, -0.15) is 0 Å². The summed E-state index contributed by atoms with van der Waals surface area (Å²) in [5.41, 5.74) is -0.919. The highest BCUT2D eigenvalue weighted by molar-refractivity contribution is 6.12. The maximum Gasteiger partial charge on any atom is 0.179 e. The lowest BCUT2D eigenvalue weighted by atomic mass is 9.98. The molecule has 4 N–H and O–H groups in total. The van der Waals surface area contributed by atoms with Crippen LogP contribution in [-0.4, -0.2) is 44.0 Å². The van der Waals surface area contributed by atoms with E-state index in [1.165, 1.54) is 6.08 Å². The number of carbonyl (C=O) groups is 1. The second-order valence-electron chi connectivity index (χ2n) is 5.90. The third kappa shape index (κ3) is 2.73. The van der Waals surface area contributed by atoms with E-state index in [4.69, 9.17) is 0 Å². The first kappa shape index (κ1) is 16.4. The van der Waals surface area contributed by atoms with Crippen molar-refractivity contribution in [1.29, 1.82) is 0 Å². The Hall–Kier alpha value is -2.47. The van der Waals surface area contributed by atoms with Crippen LogP contribution in [0.25, 0.3) is 6.08 Å². The predicted octanol–water partition coefficient (Wildman–Crippen LogP) is 1.40. The van der Waals surface area contributed by atoms with E-state index in [2.05, 4.69) is 0 Å². The van der Waals surface area contributed by atoms with Gasteiger partial charge in [0, 0.05) is 0 Å². The summed E-state index contributed by atoms with van der Waals surface area (Å²) in [5.74, 6) is -2.01. The van der Waals surface area contributed by atoms with Gasteiger partial charge < -0.3 is 20.4 Å². The zero-order valence-electron chi connectivity index (χ0n) is 12.8. The number of carbonyl (C=O) groups excluding carboxylic acids is 1. The summed E-state index contributed by atoms with van der Waals surface area (Å²) in [4.78, 5) is 12.0. The SMILES string of the molecule is O=C1C(c2ccccc2)[C@@]1(O)[C@H](O)[C@H](O)C(O)=Cc1ccccc1. The maximum atomic E-state index is 12.0. The van der Waals surface area contributed by atoms with Crippen LogP contribution in [0.3, 0.4) is 0 Å². The number of aliphatic hydroxyl groups is 4. The zero-order valence-corrected chi connectivity index (χ0v) is 12.8. The van der Waals surface area contributed by atoms with Gasteiger partial charge in [0.05, 0.1) is 5.92 Å². The minimum Gasteiger partial charge on any atom is -0.509 e. The second kappa shape index (κ2) is 6.20. The number of hydrogen-bond acceptors (Lipinski definition) is 5. The van der Waals surface area contributed by atoms with Crippen molar-refractivity contribution < 1.29 is 25.2 Å². The van der Waals surface area contributed by atoms with Crippen LogP contribution < -0.4 is 0 Å². The Kier molecular flexibility index (Phi) is 4.24. The quantitative estimate of drug-likeness (QED) is 0.623. The molecule has 2 aromatic rings. The molecule has 4 atom stereocenters. The Morgan fingerprint density at radius 1 is 1.00 bits per heavy atom. The molecule has 0 saturated heterocycles. The lowest BCUT2D eigenvalue weighted by molar-refractivity contribution is -0.125. The average Bonchev–Trinajstić information content (AvgIpc) is 3.17. The highest BCUT2D eigenvalue weighted by Crippen LogP contribution is 2.50. The van der Waals surface area contributed by atoms with Crippen molar-refractivity contribution in [3.05, 3.63) is 77.5 Å². The van der Waals surface area contributed by atoms with E-state index in [-0.39, 0.29) is 0 Å². The molecule has 0 radical (unpaired) electrons. The summed E-state index contributed by atoms with van der Waals surface area (Å²) in [6.07, 6.45) is -2.32. The van der Waals surface area contributed by atoms with Gasteiger partial charge in [0.1, 0.15) is 18.0 Å². The molecule has 1 aliphatic carbocycles. The highest BCUT2D eigenvalue weighted by atomic mass is 16.4. The molecule has 3 rings (SSSR count). The molecule has 1 aliphatic rings. The molecule has 124 valence electrons. The number of benzene rings is 2. The van der Waals surface area contributed by atoms with Crippen LogP contribution in [0.2, 0.25) is 0 Å². The Morgan fingerprint density at radius 2 is 1.54 bits per heavy atom. The van der Waals surface area contributed by atoms with Crippen molar-refractivity contribution in [2.24, 2.45) is 0 Å². The van der Waals surface area contributed by atoms with Crippen LogP contribution >= 0.6 is 0 Å². The van der Waals surface area contributed by atoms with Crippen LogP contribution in [0, 0.1) is 0 Å². The smallest absolute Gasteiger partial charge is 0.179 e. The molecule has 1 saturated carbocycles. The molecule has 0 bridgehead atoms. The summed E-state index contributed by atoms with van der Waals surface area (Å²) in [6.45, 7) is 0. The fourth-order valence-electron chi connectivity index (χ4n) is 2.88. The minimum atomic E-state index is -2.10. The Morgan fingerprint density at radius 3 is 2.12 bits per heavy atom. The maximum absolute atomic E-state index is 12.0. The molecule has 2 aromatic carbocycles. The van der Waals surface area contributed by atoms with Gasteiger partial charge in [-0.1, -0.05) is 60.7 Å². The van der Waals surface area contributed by atoms with E-state index < -0.39 is 35.3 Å². The summed E-state index contributed by atoms with van der Waals surface area (Å²) in [7, 11) is 0. The number of hydrogen-bond donors (Lipinski definition) is 4.